The minimum Gasteiger partial charge on any atom is -0.493 e. The molecule has 0 fully saturated rings. The van der Waals surface area contributed by atoms with Gasteiger partial charge in [0.05, 0.1) is 11.6 Å². The summed E-state index contributed by atoms with van der Waals surface area (Å²) in [5, 5.41) is 1.25. The molecule has 0 bridgehead atoms. The number of rotatable bonds is 10. The zero-order chi connectivity index (χ0) is 25.7. The van der Waals surface area contributed by atoms with Crippen molar-refractivity contribution in [1.29, 1.82) is 0 Å². The van der Waals surface area contributed by atoms with Gasteiger partial charge in [-0.1, -0.05) is 61.3 Å². The van der Waals surface area contributed by atoms with Crippen molar-refractivity contribution < 1.29 is 22.3 Å². The van der Waals surface area contributed by atoms with E-state index in [-0.39, 0.29) is 28.6 Å². The third kappa shape index (κ3) is 6.19. The number of aryl methyl sites for hydroxylation is 3. The van der Waals surface area contributed by atoms with Gasteiger partial charge >= 0.3 is 0 Å². The van der Waals surface area contributed by atoms with Crippen LogP contribution in [-0.2, 0) is 25.7 Å². The number of hydrogen-bond donors (Lipinski definition) is 0. The molecule has 4 aromatic carbocycles. The maximum atomic E-state index is 15.1. The Bertz CT molecular complexity index is 1350. The van der Waals surface area contributed by atoms with Gasteiger partial charge in [0, 0.05) is 23.1 Å². The number of unbranched alkanes of at least 4 members (excludes halogenated alkanes) is 1. The van der Waals surface area contributed by atoms with Crippen LogP contribution in [0.15, 0.2) is 60.7 Å². The lowest BCUT2D eigenvalue weighted by Crippen LogP contribution is -2.03. The Labute approximate surface area is 213 Å². The number of halogens is 5. The summed E-state index contributed by atoms with van der Waals surface area (Å²) in [6, 6.07) is 15.9. The molecule has 0 aromatic heterocycles. The third-order valence-corrected chi connectivity index (χ3v) is 6.62. The van der Waals surface area contributed by atoms with E-state index in [1.54, 1.807) is 24.3 Å². The van der Waals surface area contributed by atoms with Gasteiger partial charge in [-0.2, -0.15) is 0 Å². The quantitative estimate of drug-likeness (QED) is 0.152. The van der Waals surface area contributed by atoms with Gasteiger partial charge in [0.1, 0.15) is 29.0 Å². The summed E-state index contributed by atoms with van der Waals surface area (Å²) in [5.41, 5.74) is 2.15. The van der Waals surface area contributed by atoms with Crippen LogP contribution in [-0.4, -0.2) is 6.61 Å². The molecule has 4 aromatic rings. The molecule has 6 heteroatoms. The molecular formula is C30H27ClF4O. The van der Waals surface area contributed by atoms with Crippen molar-refractivity contribution in [2.24, 2.45) is 0 Å². The normalized spacial score (nSPS) is 11.3. The second-order valence-electron chi connectivity index (χ2n) is 8.91. The zero-order valence-corrected chi connectivity index (χ0v) is 20.8. The summed E-state index contributed by atoms with van der Waals surface area (Å²) in [6.07, 6.45) is 3.24. The predicted molar refractivity (Wildman–Crippen MR) is 137 cm³/mol. The van der Waals surface area contributed by atoms with Crippen LogP contribution < -0.4 is 4.74 Å². The molecule has 0 saturated heterocycles. The van der Waals surface area contributed by atoms with Crippen molar-refractivity contribution in [2.75, 3.05) is 6.61 Å². The Kier molecular flexibility index (Phi) is 8.52. The Morgan fingerprint density at radius 3 is 2.14 bits per heavy atom. The number of benzene rings is 4. The van der Waals surface area contributed by atoms with Crippen LogP contribution in [0, 0.1) is 23.3 Å². The molecule has 1 nitrogen and oxygen atoms in total. The summed E-state index contributed by atoms with van der Waals surface area (Å²) >= 11 is 5.72. The lowest BCUT2D eigenvalue weighted by Gasteiger charge is -2.11. The van der Waals surface area contributed by atoms with Gasteiger partial charge in [-0.15, -0.1) is 0 Å². The van der Waals surface area contributed by atoms with Gasteiger partial charge in [0.2, 0.25) is 0 Å². The predicted octanol–water partition coefficient (Wildman–Crippen LogP) is 8.80. The van der Waals surface area contributed by atoms with E-state index in [2.05, 4.69) is 0 Å². The second kappa shape index (κ2) is 11.8. The third-order valence-electron chi connectivity index (χ3n) is 6.31. The molecule has 0 aliphatic heterocycles. The first-order chi connectivity index (χ1) is 17.4. The molecule has 0 amide bonds. The Morgan fingerprint density at radius 2 is 1.42 bits per heavy atom. The molecule has 4 rings (SSSR count). The van der Waals surface area contributed by atoms with Gasteiger partial charge in [-0.25, -0.2) is 17.6 Å². The SMILES string of the molecule is CCCCOc1cc(F)c(CCc2ccc3c(F)c(CCc4ccc(Cl)c(F)c4)ccc3c2)c(F)c1. The first-order valence-corrected chi connectivity index (χ1v) is 12.5. The monoisotopic (exact) mass is 514 g/mol. The fourth-order valence-electron chi connectivity index (χ4n) is 4.21. The van der Waals surface area contributed by atoms with Gasteiger partial charge in [-0.05, 0) is 66.3 Å². The van der Waals surface area contributed by atoms with E-state index in [4.69, 9.17) is 16.3 Å². The molecule has 188 valence electrons. The summed E-state index contributed by atoms with van der Waals surface area (Å²) in [5.74, 6) is -1.86. The van der Waals surface area contributed by atoms with E-state index in [0.717, 1.165) is 24.0 Å². The van der Waals surface area contributed by atoms with E-state index in [9.17, 15) is 13.2 Å². The number of ether oxygens (including phenoxy) is 1. The highest BCUT2D eigenvalue weighted by Gasteiger charge is 2.14. The summed E-state index contributed by atoms with van der Waals surface area (Å²) in [7, 11) is 0. The van der Waals surface area contributed by atoms with E-state index in [0.29, 0.717) is 42.2 Å². The van der Waals surface area contributed by atoms with Crippen LogP contribution in [0.1, 0.15) is 42.0 Å². The largest absolute Gasteiger partial charge is 0.493 e. The second-order valence-corrected chi connectivity index (χ2v) is 9.32. The Balaban J connectivity index is 1.44. The molecule has 0 N–H and O–H groups in total. The fourth-order valence-corrected chi connectivity index (χ4v) is 4.33. The van der Waals surface area contributed by atoms with E-state index in [1.807, 2.05) is 19.1 Å². The van der Waals surface area contributed by atoms with Gasteiger partial charge in [0.15, 0.2) is 0 Å². The maximum Gasteiger partial charge on any atom is 0.142 e. The summed E-state index contributed by atoms with van der Waals surface area (Å²) < 4.78 is 63.3. The van der Waals surface area contributed by atoms with Crippen LogP contribution in [0.25, 0.3) is 10.8 Å². The van der Waals surface area contributed by atoms with E-state index >= 15 is 4.39 Å². The molecule has 0 unspecified atom stereocenters. The van der Waals surface area contributed by atoms with Crippen molar-refractivity contribution in [3.63, 3.8) is 0 Å². The van der Waals surface area contributed by atoms with E-state index in [1.165, 1.54) is 24.3 Å². The van der Waals surface area contributed by atoms with Crippen molar-refractivity contribution in [1.82, 2.24) is 0 Å². The minimum atomic E-state index is -0.626. The highest BCUT2D eigenvalue weighted by molar-refractivity contribution is 6.30. The fraction of sp³-hybridized carbons (Fsp3) is 0.267. The summed E-state index contributed by atoms with van der Waals surface area (Å²) in [6.45, 7) is 2.43. The lowest BCUT2D eigenvalue weighted by atomic mass is 9.97. The van der Waals surface area contributed by atoms with Crippen molar-refractivity contribution >= 4 is 22.4 Å². The van der Waals surface area contributed by atoms with Crippen molar-refractivity contribution in [2.45, 2.75) is 45.4 Å². The van der Waals surface area contributed by atoms with Gasteiger partial charge in [-0.3, -0.25) is 0 Å². The maximum absolute atomic E-state index is 15.1. The molecule has 0 radical (unpaired) electrons. The smallest absolute Gasteiger partial charge is 0.142 e. The van der Waals surface area contributed by atoms with Crippen molar-refractivity contribution in [3.05, 3.63) is 111 Å². The van der Waals surface area contributed by atoms with Gasteiger partial charge < -0.3 is 4.74 Å². The summed E-state index contributed by atoms with van der Waals surface area (Å²) in [4.78, 5) is 0. The molecular weight excluding hydrogens is 488 g/mol. The Hall–Kier alpha value is -3.05. The first kappa shape index (κ1) is 26.0. The topological polar surface area (TPSA) is 9.23 Å². The van der Waals surface area contributed by atoms with Gasteiger partial charge in [0.25, 0.3) is 0 Å². The molecule has 0 aliphatic rings. The molecule has 36 heavy (non-hydrogen) atoms. The molecule has 0 saturated carbocycles. The Morgan fingerprint density at radius 1 is 0.722 bits per heavy atom. The average Bonchev–Trinajstić information content (AvgIpc) is 2.85. The molecule has 0 spiro atoms. The van der Waals surface area contributed by atoms with E-state index < -0.39 is 17.5 Å². The minimum absolute atomic E-state index is 0.0121. The molecule has 0 atom stereocenters. The number of hydrogen-bond acceptors (Lipinski definition) is 1. The molecule has 0 aliphatic carbocycles. The highest BCUT2D eigenvalue weighted by atomic mass is 35.5. The van der Waals surface area contributed by atoms with Crippen molar-refractivity contribution in [3.8, 4) is 5.75 Å². The van der Waals surface area contributed by atoms with Crippen LogP contribution in [0.5, 0.6) is 5.75 Å². The first-order valence-electron chi connectivity index (χ1n) is 12.1. The average molecular weight is 515 g/mol. The standard InChI is InChI=1S/C30H27ClF4O/c1-2-3-14-36-23-17-27(32)25(28(33)18-23)12-6-19-5-11-24-22(15-19)10-9-21(30(24)35)8-4-20-7-13-26(31)29(34)16-20/h5,7,9-11,13,15-18H,2-4,6,8,12,14H2,1H3. The zero-order valence-electron chi connectivity index (χ0n) is 20.0. The van der Waals surface area contributed by atoms with Crippen LogP contribution in [0.2, 0.25) is 5.02 Å². The van der Waals surface area contributed by atoms with Crippen LogP contribution in [0.3, 0.4) is 0 Å². The number of fused-ring (bicyclic) bond motifs is 1. The van der Waals surface area contributed by atoms with Crippen LogP contribution >= 0.6 is 11.6 Å². The van der Waals surface area contributed by atoms with Crippen LogP contribution in [0.4, 0.5) is 17.6 Å². The lowest BCUT2D eigenvalue weighted by molar-refractivity contribution is 0.305. The highest BCUT2D eigenvalue weighted by Crippen LogP contribution is 2.26. The molecule has 0 heterocycles.